The Kier molecular flexibility index (Phi) is 5.52. The molecular weight excluding hydrogens is 312 g/mol. The van der Waals surface area contributed by atoms with Crippen LogP contribution in [0.3, 0.4) is 0 Å². The molecular formula is C21H22N2O2. The van der Waals surface area contributed by atoms with E-state index in [1.54, 1.807) is 12.1 Å². The van der Waals surface area contributed by atoms with Crippen molar-refractivity contribution in [3.63, 3.8) is 0 Å². The van der Waals surface area contributed by atoms with E-state index in [2.05, 4.69) is 34.9 Å². The first-order chi connectivity index (χ1) is 12.2. The summed E-state index contributed by atoms with van der Waals surface area (Å²) in [5, 5.41) is 17.4. The Bertz CT molecular complexity index is 844. The lowest BCUT2D eigenvalue weighted by Crippen LogP contribution is -2.35. The molecule has 0 unspecified atom stereocenters. The maximum absolute atomic E-state index is 11.9. The Labute approximate surface area is 147 Å². The van der Waals surface area contributed by atoms with Gasteiger partial charge >= 0.3 is 6.03 Å². The van der Waals surface area contributed by atoms with Crippen LogP contribution >= 0.6 is 0 Å². The number of phenols is 1. The molecule has 4 nitrogen and oxygen atoms in total. The van der Waals surface area contributed by atoms with Gasteiger partial charge in [-0.2, -0.15) is 0 Å². The molecule has 0 saturated carbocycles. The molecule has 3 aromatic carbocycles. The van der Waals surface area contributed by atoms with Crippen molar-refractivity contribution >= 4 is 16.8 Å². The van der Waals surface area contributed by atoms with Gasteiger partial charge in [-0.1, -0.05) is 48.5 Å². The van der Waals surface area contributed by atoms with Crippen molar-refractivity contribution < 1.29 is 9.90 Å². The second-order valence-electron chi connectivity index (χ2n) is 6.06. The first-order valence-corrected chi connectivity index (χ1v) is 8.48. The van der Waals surface area contributed by atoms with Gasteiger partial charge in [-0.3, -0.25) is 0 Å². The van der Waals surface area contributed by atoms with E-state index in [0.29, 0.717) is 13.1 Å². The van der Waals surface area contributed by atoms with Crippen molar-refractivity contribution in [2.45, 2.75) is 19.4 Å². The molecule has 3 aromatic rings. The fourth-order valence-corrected chi connectivity index (χ4v) is 2.75. The monoisotopic (exact) mass is 334 g/mol. The Morgan fingerprint density at radius 1 is 0.840 bits per heavy atom. The highest BCUT2D eigenvalue weighted by molar-refractivity contribution is 5.83. The molecule has 0 aliphatic carbocycles. The molecule has 0 fully saturated rings. The number of nitrogens with one attached hydrogen (secondary N) is 2. The average molecular weight is 334 g/mol. The smallest absolute Gasteiger partial charge is 0.315 e. The second-order valence-corrected chi connectivity index (χ2v) is 6.06. The molecule has 0 aliphatic heterocycles. The number of benzene rings is 3. The van der Waals surface area contributed by atoms with Gasteiger partial charge in [0, 0.05) is 13.1 Å². The lowest BCUT2D eigenvalue weighted by molar-refractivity contribution is 0.240. The van der Waals surface area contributed by atoms with Crippen LogP contribution in [0, 0.1) is 0 Å². The van der Waals surface area contributed by atoms with Crippen molar-refractivity contribution in [3.8, 4) is 5.75 Å². The van der Waals surface area contributed by atoms with E-state index in [-0.39, 0.29) is 11.8 Å². The van der Waals surface area contributed by atoms with Gasteiger partial charge in [0.15, 0.2) is 0 Å². The first-order valence-electron chi connectivity index (χ1n) is 8.48. The molecule has 0 heterocycles. The van der Waals surface area contributed by atoms with Crippen molar-refractivity contribution in [1.82, 2.24) is 10.6 Å². The zero-order valence-corrected chi connectivity index (χ0v) is 14.0. The number of aromatic hydroxyl groups is 1. The van der Waals surface area contributed by atoms with Crippen LogP contribution in [0.1, 0.15) is 17.5 Å². The number of amides is 2. The van der Waals surface area contributed by atoms with Gasteiger partial charge in [-0.05, 0) is 52.9 Å². The largest absolute Gasteiger partial charge is 0.508 e. The molecule has 0 saturated heterocycles. The highest BCUT2D eigenvalue weighted by Gasteiger charge is 2.01. The van der Waals surface area contributed by atoms with Crippen LogP contribution in [-0.2, 0) is 13.0 Å². The molecule has 3 rings (SSSR count). The Morgan fingerprint density at radius 2 is 1.56 bits per heavy atom. The number of aryl methyl sites for hydroxylation is 1. The highest BCUT2D eigenvalue weighted by atomic mass is 16.3. The average Bonchev–Trinajstić information content (AvgIpc) is 2.65. The van der Waals surface area contributed by atoms with E-state index in [0.717, 1.165) is 24.0 Å². The van der Waals surface area contributed by atoms with E-state index in [4.69, 9.17) is 0 Å². The summed E-state index contributed by atoms with van der Waals surface area (Å²) in [5.41, 5.74) is 2.23. The van der Waals surface area contributed by atoms with Crippen LogP contribution in [0.2, 0.25) is 0 Å². The van der Waals surface area contributed by atoms with Crippen molar-refractivity contribution in [3.05, 3.63) is 77.9 Å². The molecule has 0 spiro atoms. The summed E-state index contributed by atoms with van der Waals surface area (Å²) in [7, 11) is 0. The predicted octanol–water partition coefficient (Wildman–Crippen LogP) is 3.98. The van der Waals surface area contributed by atoms with Gasteiger partial charge in [-0.15, -0.1) is 0 Å². The number of urea groups is 1. The van der Waals surface area contributed by atoms with Gasteiger partial charge < -0.3 is 15.7 Å². The Hall–Kier alpha value is -3.01. The van der Waals surface area contributed by atoms with E-state index >= 15 is 0 Å². The zero-order chi connectivity index (χ0) is 17.5. The topological polar surface area (TPSA) is 61.4 Å². The number of carbonyl (C=O) groups is 1. The summed E-state index contributed by atoms with van der Waals surface area (Å²) in [6.07, 6.45) is 1.72. The van der Waals surface area contributed by atoms with Crippen LogP contribution in [0.5, 0.6) is 5.75 Å². The second kappa shape index (κ2) is 8.20. The van der Waals surface area contributed by atoms with Crippen LogP contribution in [0.4, 0.5) is 4.79 Å². The minimum absolute atomic E-state index is 0.154. The van der Waals surface area contributed by atoms with Crippen LogP contribution in [0.25, 0.3) is 10.8 Å². The predicted molar refractivity (Wildman–Crippen MR) is 101 cm³/mol. The standard InChI is InChI=1S/C21H22N2O2/c24-20-11-8-16(9-12-20)4-3-13-22-21(25)23-15-17-7-10-18-5-1-2-6-19(18)14-17/h1-2,5-12,14,24H,3-4,13,15H2,(H2,22,23,25). The van der Waals surface area contributed by atoms with Gasteiger partial charge in [0.2, 0.25) is 0 Å². The SMILES string of the molecule is O=C(NCCCc1ccc(O)cc1)NCc1ccc2ccccc2c1. The molecule has 128 valence electrons. The molecule has 0 aromatic heterocycles. The third-order valence-corrected chi connectivity index (χ3v) is 4.13. The number of fused-ring (bicyclic) bond motifs is 1. The molecule has 4 heteroatoms. The highest BCUT2D eigenvalue weighted by Crippen LogP contribution is 2.15. The lowest BCUT2D eigenvalue weighted by Gasteiger charge is -2.08. The van der Waals surface area contributed by atoms with E-state index in [1.165, 1.54) is 10.8 Å². The fraction of sp³-hybridized carbons (Fsp3) is 0.190. The first kappa shape index (κ1) is 16.8. The summed E-state index contributed by atoms with van der Waals surface area (Å²) in [6, 6.07) is 21.4. The number of phenolic OH excluding ortho intramolecular Hbond substituents is 1. The van der Waals surface area contributed by atoms with Crippen LogP contribution < -0.4 is 10.6 Å². The Morgan fingerprint density at radius 3 is 2.36 bits per heavy atom. The minimum atomic E-state index is -0.154. The summed E-state index contributed by atoms with van der Waals surface area (Å²) in [6.45, 7) is 1.12. The maximum atomic E-state index is 11.9. The molecule has 3 N–H and O–H groups in total. The summed E-state index contributed by atoms with van der Waals surface area (Å²) in [5.74, 6) is 0.273. The van der Waals surface area contributed by atoms with Crippen LogP contribution in [-0.4, -0.2) is 17.7 Å². The normalized spacial score (nSPS) is 10.6. The third kappa shape index (κ3) is 4.98. The van der Waals surface area contributed by atoms with Gasteiger partial charge in [0.1, 0.15) is 5.75 Å². The summed E-state index contributed by atoms with van der Waals surface area (Å²) in [4.78, 5) is 11.9. The number of rotatable bonds is 6. The minimum Gasteiger partial charge on any atom is -0.508 e. The molecule has 0 bridgehead atoms. The van der Waals surface area contributed by atoms with Crippen molar-refractivity contribution in [1.29, 1.82) is 0 Å². The molecule has 0 aliphatic rings. The van der Waals surface area contributed by atoms with Crippen LogP contribution in [0.15, 0.2) is 66.7 Å². The molecule has 0 atom stereocenters. The zero-order valence-electron chi connectivity index (χ0n) is 14.0. The number of hydrogen-bond acceptors (Lipinski definition) is 2. The summed E-state index contributed by atoms with van der Waals surface area (Å²) >= 11 is 0. The van der Waals surface area contributed by atoms with E-state index in [1.807, 2.05) is 30.3 Å². The van der Waals surface area contributed by atoms with Crippen molar-refractivity contribution in [2.24, 2.45) is 0 Å². The number of carbonyl (C=O) groups excluding carboxylic acids is 1. The van der Waals surface area contributed by atoms with Gasteiger partial charge in [-0.25, -0.2) is 4.79 Å². The molecule has 25 heavy (non-hydrogen) atoms. The van der Waals surface area contributed by atoms with Crippen molar-refractivity contribution in [2.75, 3.05) is 6.54 Å². The van der Waals surface area contributed by atoms with E-state index in [9.17, 15) is 9.90 Å². The fourth-order valence-electron chi connectivity index (χ4n) is 2.75. The van der Waals surface area contributed by atoms with Gasteiger partial charge in [0.05, 0.1) is 0 Å². The lowest BCUT2D eigenvalue weighted by atomic mass is 10.1. The maximum Gasteiger partial charge on any atom is 0.315 e. The third-order valence-electron chi connectivity index (χ3n) is 4.13. The molecule has 2 amide bonds. The number of hydrogen-bond donors (Lipinski definition) is 3. The molecule has 0 radical (unpaired) electrons. The quantitative estimate of drug-likeness (QED) is 0.597. The van der Waals surface area contributed by atoms with Gasteiger partial charge in [0.25, 0.3) is 0 Å². The Balaban J connectivity index is 1.39. The van der Waals surface area contributed by atoms with E-state index < -0.39 is 0 Å². The summed E-state index contributed by atoms with van der Waals surface area (Å²) < 4.78 is 0.